The second-order valence-electron chi connectivity index (χ2n) is 7.15. The van der Waals surface area contributed by atoms with Crippen molar-refractivity contribution in [1.29, 1.82) is 0 Å². The minimum absolute atomic E-state index is 0. The van der Waals surface area contributed by atoms with Crippen molar-refractivity contribution in [2.45, 2.75) is 39.0 Å². The average molecular weight is 345 g/mol. The fourth-order valence-electron chi connectivity index (χ4n) is 2.70. The Bertz CT molecular complexity index is 491. The third-order valence-electron chi connectivity index (χ3n) is 4.11. The smallest absolute Gasteiger partial charge is 0.240 e. The summed E-state index contributed by atoms with van der Waals surface area (Å²) in [7, 11) is 1.99. The summed E-state index contributed by atoms with van der Waals surface area (Å²) in [5.74, 6) is 1.12. The van der Waals surface area contributed by atoms with Crippen LogP contribution < -0.4 is 10.6 Å². The Hall–Kier alpha value is -1.11. The van der Waals surface area contributed by atoms with Gasteiger partial charge in [-0.15, -0.1) is 12.4 Å². The summed E-state index contributed by atoms with van der Waals surface area (Å²) in [5, 5.41) is 10.0. The molecule has 6 nitrogen and oxygen atoms in total. The highest BCUT2D eigenvalue weighted by Gasteiger charge is 2.22. The second kappa shape index (κ2) is 8.66. The lowest BCUT2D eigenvalue weighted by Crippen LogP contribution is -2.40. The third kappa shape index (κ3) is 6.12. The molecule has 2 heterocycles. The van der Waals surface area contributed by atoms with Gasteiger partial charge < -0.3 is 9.84 Å². The molecule has 1 aromatic rings. The van der Waals surface area contributed by atoms with Crippen molar-refractivity contribution in [3.8, 4) is 0 Å². The molecule has 1 aliphatic heterocycles. The summed E-state index contributed by atoms with van der Waals surface area (Å²) < 4.78 is 5.19. The predicted molar refractivity (Wildman–Crippen MR) is 94.2 cm³/mol. The van der Waals surface area contributed by atoms with Crippen LogP contribution in [0, 0.1) is 5.92 Å². The lowest BCUT2D eigenvalue weighted by atomic mass is 9.92. The van der Waals surface area contributed by atoms with E-state index in [2.05, 4.69) is 41.5 Å². The van der Waals surface area contributed by atoms with Crippen LogP contribution in [0.2, 0.25) is 0 Å². The Morgan fingerprint density at radius 3 is 2.57 bits per heavy atom. The zero-order valence-electron chi connectivity index (χ0n) is 14.5. The molecule has 23 heavy (non-hydrogen) atoms. The van der Waals surface area contributed by atoms with Gasteiger partial charge in [0.25, 0.3) is 0 Å². The fraction of sp³-hybridized carbons (Fsp3) is 0.750. The first kappa shape index (κ1) is 19.9. The van der Waals surface area contributed by atoms with Gasteiger partial charge in [-0.25, -0.2) is 0 Å². The van der Waals surface area contributed by atoms with Gasteiger partial charge in [-0.05, 0) is 45.4 Å². The maximum absolute atomic E-state index is 12.1. The number of nitrogens with one attached hydrogen (secondary N) is 2. The van der Waals surface area contributed by atoms with Crippen molar-refractivity contribution >= 4 is 24.2 Å². The van der Waals surface area contributed by atoms with E-state index in [1.54, 1.807) is 6.07 Å². The Morgan fingerprint density at radius 1 is 1.39 bits per heavy atom. The molecule has 1 saturated heterocycles. The third-order valence-corrected chi connectivity index (χ3v) is 4.11. The lowest BCUT2D eigenvalue weighted by Gasteiger charge is -2.31. The summed E-state index contributed by atoms with van der Waals surface area (Å²) in [6.45, 7) is 9.61. The van der Waals surface area contributed by atoms with Crippen LogP contribution in [0.25, 0.3) is 0 Å². The van der Waals surface area contributed by atoms with E-state index in [0.29, 0.717) is 12.4 Å². The summed E-state index contributed by atoms with van der Waals surface area (Å²) >= 11 is 0. The standard InChI is InChI=1S/C16H28N4O2.ClH/c1-16(2,3)13-9-15(22-19-13)18-14(21)11-20-7-5-12(6-8-20)10-17-4;/h9,12,17H,5-8,10-11H2,1-4H3,(H,18,21);1H. The Morgan fingerprint density at radius 2 is 2.04 bits per heavy atom. The molecule has 0 radical (unpaired) electrons. The van der Waals surface area contributed by atoms with E-state index in [4.69, 9.17) is 4.52 Å². The second-order valence-corrected chi connectivity index (χ2v) is 7.15. The minimum atomic E-state index is -0.0817. The van der Waals surface area contributed by atoms with E-state index in [-0.39, 0.29) is 23.7 Å². The Labute approximate surface area is 144 Å². The number of piperidine rings is 1. The number of halogens is 1. The molecule has 0 saturated carbocycles. The van der Waals surface area contributed by atoms with Crippen molar-refractivity contribution in [3.63, 3.8) is 0 Å². The van der Waals surface area contributed by atoms with E-state index < -0.39 is 0 Å². The number of hydrogen-bond acceptors (Lipinski definition) is 5. The average Bonchev–Trinajstić information content (AvgIpc) is 2.89. The topological polar surface area (TPSA) is 70.4 Å². The van der Waals surface area contributed by atoms with Crippen molar-refractivity contribution in [2.24, 2.45) is 5.92 Å². The van der Waals surface area contributed by atoms with Crippen molar-refractivity contribution in [1.82, 2.24) is 15.4 Å². The Balaban J connectivity index is 0.00000264. The molecule has 132 valence electrons. The predicted octanol–water partition coefficient (Wildman–Crippen LogP) is 2.26. The van der Waals surface area contributed by atoms with Crippen molar-refractivity contribution in [2.75, 3.05) is 38.5 Å². The van der Waals surface area contributed by atoms with Crippen LogP contribution >= 0.6 is 12.4 Å². The number of hydrogen-bond donors (Lipinski definition) is 2. The normalized spacial score (nSPS) is 16.9. The maximum Gasteiger partial charge on any atom is 0.240 e. The molecule has 1 fully saturated rings. The molecular formula is C16H29ClN4O2. The molecule has 0 bridgehead atoms. The number of carbonyl (C=O) groups is 1. The van der Waals surface area contributed by atoms with Gasteiger partial charge in [0.1, 0.15) is 0 Å². The first-order valence-corrected chi connectivity index (χ1v) is 8.02. The highest BCUT2D eigenvalue weighted by molar-refractivity contribution is 5.91. The number of nitrogens with zero attached hydrogens (tertiary/aromatic N) is 2. The van der Waals surface area contributed by atoms with E-state index >= 15 is 0 Å². The van der Waals surface area contributed by atoms with Crippen LogP contribution in [-0.2, 0) is 10.2 Å². The number of likely N-dealkylation sites (tertiary alicyclic amines) is 1. The zero-order chi connectivity index (χ0) is 16.2. The Kier molecular flexibility index (Phi) is 7.51. The van der Waals surface area contributed by atoms with Gasteiger partial charge in [-0.3, -0.25) is 15.0 Å². The van der Waals surface area contributed by atoms with E-state index in [1.807, 2.05) is 7.05 Å². The number of rotatable bonds is 5. The summed E-state index contributed by atoms with van der Waals surface area (Å²) in [4.78, 5) is 14.3. The van der Waals surface area contributed by atoms with Crippen LogP contribution in [0.4, 0.5) is 5.88 Å². The van der Waals surface area contributed by atoms with Gasteiger partial charge in [-0.1, -0.05) is 25.9 Å². The van der Waals surface area contributed by atoms with Crippen LogP contribution in [0.1, 0.15) is 39.3 Å². The summed E-state index contributed by atoms with van der Waals surface area (Å²) in [6.07, 6.45) is 2.29. The molecule has 0 aromatic carbocycles. The van der Waals surface area contributed by atoms with Gasteiger partial charge in [0, 0.05) is 11.5 Å². The largest absolute Gasteiger partial charge is 0.338 e. The first-order chi connectivity index (χ1) is 10.4. The van der Waals surface area contributed by atoms with E-state index in [0.717, 1.165) is 44.1 Å². The van der Waals surface area contributed by atoms with Crippen molar-refractivity contribution < 1.29 is 9.32 Å². The number of amides is 1. The van der Waals surface area contributed by atoms with Crippen molar-refractivity contribution in [3.05, 3.63) is 11.8 Å². The van der Waals surface area contributed by atoms with E-state index in [9.17, 15) is 4.79 Å². The highest BCUT2D eigenvalue weighted by atomic mass is 35.5. The van der Waals surface area contributed by atoms with E-state index in [1.165, 1.54) is 0 Å². The molecule has 0 unspecified atom stereocenters. The molecule has 0 aliphatic carbocycles. The lowest BCUT2D eigenvalue weighted by molar-refractivity contribution is -0.117. The minimum Gasteiger partial charge on any atom is -0.338 e. The molecule has 1 aliphatic rings. The molecule has 1 amide bonds. The maximum atomic E-state index is 12.1. The number of carbonyl (C=O) groups excluding carboxylic acids is 1. The molecule has 0 spiro atoms. The molecule has 2 N–H and O–H groups in total. The van der Waals surface area contributed by atoms with Gasteiger partial charge in [-0.2, -0.15) is 0 Å². The summed E-state index contributed by atoms with van der Waals surface area (Å²) in [6, 6.07) is 1.80. The van der Waals surface area contributed by atoms with Gasteiger partial charge in [0.2, 0.25) is 11.8 Å². The zero-order valence-corrected chi connectivity index (χ0v) is 15.3. The van der Waals surface area contributed by atoms with Gasteiger partial charge >= 0.3 is 0 Å². The molecule has 2 rings (SSSR count). The number of aromatic nitrogens is 1. The van der Waals surface area contributed by atoms with Crippen LogP contribution in [0.5, 0.6) is 0 Å². The number of anilines is 1. The SMILES string of the molecule is CNCC1CCN(CC(=O)Nc2cc(C(C)(C)C)no2)CC1.Cl. The first-order valence-electron chi connectivity index (χ1n) is 8.02. The van der Waals surface area contributed by atoms with Crippen LogP contribution in [0.3, 0.4) is 0 Å². The fourth-order valence-corrected chi connectivity index (χ4v) is 2.70. The quantitative estimate of drug-likeness (QED) is 0.857. The highest BCUT2D eigenvalue weighted by Crippen LogP contribution is 2.23. The summed E-state index contributed by atoms with van der Waals surface area (Å²) in [5.41, 5.74) is 0.762. The molecule has 0 atom stereocenters. The molecular weight excluding hydrogens is 316 g/mol. The van der Waals surface area contributed by atoms with Crippen LogP contribution in [-0.4, -0.2) is 49.2 Å². The van der Waals surface area contributed by atoms with Gasteiger partial charge in [0.05, 0.1) is 12.2 Å². The van der Waals surface area contributed by atoms with Gasteiger partial charge in [0.15, 0.2) is 0 Å². The van der Waals surface area contributed by atoms with Crippen LogP contribution in [0.15, 0.2) is 10.6 Å². The molecule has 1 aromatic heterocycles. The molecule has 7 heteroatoms. The monoisotopic (exact) mass is 344 g/mol.